The van der Waals surface area contributed by atoms with Crippen LogP contribution in [0.1, 0.15) is 19.3 Å². The molecule has 2 aliphatic rings. The Balaban J connectivity index is 1.57. The van der Waals surface area contributed by atoms with Crippen LogP contribution in [0.5, 0.6) is 11.8 Å². The van der Waals surface area contributed by atoms with Crippen molar-refractivity contribution in [2.75, 3.05) is 4.90 Å². The number of rotatable bonds is 3. The Bertz CT molecular complexity index is 719. The first kappa shape index (κ1) is 14.3. The van der Waals surface area contributed by atoms with Crippen LogP contribution < -0.4 is 15.0 Å². The second kappa shape index (κ2) is 5.42. The minimum Gasteiger partial charge on any atom is -0.424 e. The topological polar surface area (TPSA) is 67.4 Å². The minimum atomic E-state index is -0.433. The number of thiol groups is 1. The SMILES string of the molecule is O=C1NC(S)N(c2ccc(Oc3ncccn3)cc2)C12CCC2. The van der Waals surface area contributed by atoms with Gasteiger partial charge in [-0.3, -0.25) is 4.79 Å². The molecule has 0 radical (unpaired) electrons. The molecule has 4 rings (SSSR count). The van der Waals surface area contributed by atoms with Gasteiger partial charge in [0.1, 0.15) is 16.8 Å². The molecule has 1 amide bonds. The number of aromatic nitrogens is 2. The molecule has 2 aromatic rings. The van der Waals surface area contributed by atoms with E-state index in [1.165, 1.54) is 0 Å². The van der Waals surface area contributed by atoms with Crippen molar-refractivity contribution in [3.63, 3.8) is 0 Å². The van der Waals surface area contributed by atoms with Gasteiger partial charge in [-0.05, 0) is 49.6 Å². The Hall–Kier alpha value is -2.28. The van der Waals surface area contributed by atoms with Crippen molar-refractivity contribution >= 4 is 24.2 Å². The number of ether oxygens (including phenoxy) is 1. The molecule has 1 saturated carbocycles. The number of carbonyl (C=O) groups is 1. The van der Waals surface area contributed by atoms with Gasteiger partial charge >= 0.3 is 6.01 Å². The Kier molecular flexibility index (Phi) is 3.37. The summed E-state index contributed by atoms with van der Waals surface area (Å²) in [4.78, 5) is 22.4. The number of anilines is 1. The van der Waals surface area contributed by atoms with Gasteiger partial charge in [-0.25, -0.2) is 9.97 Å². The fraction of sp³-hybridized carbons (Fsp3) is 0.312. The maximum atomic E-state index is 12.2. The van der Waals surface area contributed by atoms with Gasteiger partial charge < -0.3 is 15.0 Å². The van der Waals surface area contributed by atoms with E-state index in [-0.39, 0.29) is 11.4 Å². The Morgan fingerprint density at radius 1 is 1.22 bits per heavy atom. The first-order valence-corrected chi connectivity index (χ1v) is 8.04. The summed E-state index contributed by atoms with van der Waals surface area (Å²) in [5, 5.41) is 2.91. The van der Waals surface area contributed by atoms with Gasteiger partial charge in [0.05, 0.1) is 0 Å². The van der Waals surface area contributed by atoms with Crippen LogP contribution in [0.25, 0.3) is 0 Å². The average Bonchev–Trinajstić information content (AvgIpc) is 2.80. The molecule has 1 aromatic heterocycles. The van der Waals surface area contributed by atoms with E-state index in [1.807, 2.05) is 24.3 Å². The Morgan fingerprint density at radius 2 is 1.91 bits per heavy atom. The monoisotopic (exact) mass is 328 g/mol. The van der Waals surface area contributed by atoms with Gasteiger partial charge in [0, 0.05) is 18.1 Å². The van der Waals surface area contributed by atoms with E-state index in [0.717, 1.165) is 24.9 Å². The third-order valence-electron chi connectivity index (χ3n) is 4.44. The van der Waals surface area contributed by atoms with Gasteiger partial charge in [-0.1, -0.05) is 0 Å². The number of hydrogen-bond donors (Lipinski definition) is 2. The fourth-order valence-electron chi connectivity index (χ4n) is 3.15. The average molecular weight is 328 g/mol. The third-order valence-corrected chi connectivity index (χ3v) is 4.80. The summed E-state index contributed by atoms with van der Waals surface area (Å²) in [5.74, 6) is 0.721. The van der Waals surface area contributed by atoms with Crippen molar-refractivity contribution < 1.29 is 9.53 Å². The van der Waals surface area contributed by atoms with Crippen molar-refractivity contribution in [1.29, 1.82) is 0 Å². The molecule has 1 saturated heterocycles. The molecule has 1 aromatic carbocycles. The van der Waals surface area contributed by atoms with E-state index in [0.29, 0.717) is 11.8 Å². The van der Waals surface area contributed by atoms with Crippen molar-refractivity contribution in [2.45, 2.75) is 30.3 Å². The highest BCUT2D eigenvalue weighted by atomic mass is 32.1. The van der Waals surface area contributed by atoms with Crippen LogP contribution in [-0.4, -0.2) is 26.9 Å². The van der Waals surface area contributed by atoms with Crippen LogP contribution in [0.3, 0.4) is 0 Å². The van der Waals surface area contributed by atoms with Crippen molar-refractivity contribution in [2.24, 2.45) is 0 Å². The first-order valence-electron chi connectivity index (χ1n) is 7.52. The molecule has 1 spiro atoms. The molecule has 1 N–H and O–H groups in total. The number of nitrogens with one attached hydrogen (secondary N) is 1. The number of carbonyl (C=O) groups excluding carboxylic acids is 1. The van der Waals surface area contributed by atoms with E-state index in [1.54, 1.807) is 18.5 Å². The largest absolute Gasteiger partial charge is 0.424 e. The molecule has 2 heterocycles. The van der Waals surface area contributed by atoms with E-state index in [2.05, 4.69) is 32.8 Å². The molecule has 23 heavy (non-hydrogen) atoms. The zero-order chi connectivity index (χ0) is 15.9. The summed E-state index contributed by atoms with van der Waals surface area (Å²) >= 11 is 4.51. The predicted octanol–water partition coefficient (Wildman–Crippen LogP) is 2.34. The zero-order valence-electron chi connectivity index (χ0n) is 12.3. The molecule has 2 fully saturated rings. The second-order valence-electron chi connectivity index (χ2n) is 5.73. The van der Waals surface area contributed by atoms with Gasteiger partial charge in [0.25, 0.3) is 0 Å². The van der Waals surface area contributed by atoms with Crippen LogP contribution in [0.2, 0.25) is 0 Å². The molecule has 6 nitrogen and oxygen atoms in total. The molecular formula is C16H16N4O2S. The number of benzene rings is 1. The standard InChI is InChI=1S/C16H16N4O2S/c21-13-16(7-1-8-16)20(15(23)19-13)11-3-5-12(6-4-11)22-14-17-9-2-10-18-14/h2-6,9-10,15,23H,1,7-8H2,(H,19,21). The van der Waals surface area contributed by atoms with Gasteiger partial charge in [0.15, 0.2) is 0 Å². The molecule has 1 aliphatic carbocycles. The highest BCUT2D eigenvalue weighted by Crippen LogP contribution is 2.45. The maximum absolute atomic E-state index is 12.2. The minimum absolute atomic E-state index is 0.0711. The lowest BCUT2D eigenvalue weighted by Crippen LogP contribution is -2.55. The lowest BCUT2D eigenvalue weighted by atomic mass is 9.75. The van der Waals surface area contributed by atoms with Crippen LogP contribution in [-0.2, 0) is 4.79 Å². The number of nitrogens with zero attached hydrogens (tertiary/aromatic N) is 3. The molecule has 1 unspecified atom stereocenters. The number of amides is 1. The van der Waals surface area contributed by atoms with Crippen molar-refractivity contribution in [1.82, 2.24) is 15.3 Å². The molecular weight excluding hydrogens is 312 g/mol. The summed E-state index contributed by atoms with van der Waals surface area (Å²) < 4.78 is 5.59. The summed E-state index contributed by atoms with van der Waals surface area (Å²) in [6, 6.07) is 9.60. The molecule has 1 atom stereocenters. The van der Waals surface area contributed by atoms with Crippen LogP contribution in [0, 0.1) is 0 Å². The highest BCUT2D eigenvalue weighted by molar-refractivity contribution is 7.81. The normalized spacial score (nSPS) is 21.9. The van der Waals surface area contributed by atoms with E-state index in [9.17, 15) is 4.79 Å². The molecule has 7 heteroatoms. The Labute approximate surface area is 139 Å². The van der Waals surface area contributed by atoms with Crippen molar-refractivity contribution in [3.8, 4) is 11.8 Å². The lowest BCUT2D eigenvalue weighted by Gasteiger charge is -2.44. The maximum Gasteiger partial charge on any atom is 0.321 e. The zero-order valence-corrected chi connectivity index (χ0v) is 13.2. The van der Waals surface area contributed by atoms with Crippen molar-refractivity contribution in [3.05, 3.63) is 42.7 Å². The molecule has 1 aliphatic heterocycles. The first-order chi connectivity index (χ1) is 11.2. The van der Waals surface area contributed by atoms with E-state index >= 15 is 0 Å². The summed E-state index contributed by atoms with van der Waals surface area (Å²) in [5.41, 5.74) is 0.216. The number of hydrogen-bond acceptors (Lipinski definition) is 6. The predicted molar refractivity (Wildman–Crippen MR) is 88.5 cm³/mol. The van der Waals surface area contributed by atoms with Gasteiger partial charge in [-0.2, -0.15) is 0 Å². The fourth-order valence-corrected chi connectivity index (χ4v) is 3.62. The summed E-state index contributed by atoms with van der Waals surface area (Å²) in [7, 11) is 0. The van der Waals surface area contributed by atoms with Crippen LogP contribution in [0.4, 0.5) is 5.69 Å². The second-order valence-corrected chi connectivity index (χ2v) is 6.22. The lowest BCUT2D eigenvalue weighted by molar-refractivity contribution is -0.126. The van der Waals surface area contributed by atoms with Crippen LogP contribution >= 0.6 is 12.6 Å². The quantitative estimate of drug-likeness (QED) is 0.847. The van der Waals surface area contributed by atoms with E-state index in [4.69, 9.17) is 4.74 Å². The smallest absolute Gasteiger partial charge is 0.321 e. The highest BCUT2D eigenvalue weighted by Gasteiger charge is 2.56. The third kappa shape index (κ3) is 2.31. The summed E-state index contributed by atoms with van der Waals surface area (Å²) in [6.07, 6.45) is 6.06. The van der Waals surface area contributed by atoms with Gasteiger partial charge in [-0.15, -0.1) is 12.6 Å². The Morgan fingerprint density at radius 3 is 2.52 bits per heavy atom. The van der Waals surface area contributed by atoms with Gasteiger partial charge in [0.2, 0.25) is 5.91 Å². The summed E-state index contributed by atoms with van der Waals surface area (Å²) in [6.45, 7) is 0. The molecule has 118 valence electrons. The molecule has 0 bridgehead atoms. The van der Waals surface area contributed by atoms with Crippen LogP contribution in [0.15, 0.2) is 42.7 Å². The van der Waals surface area contributed by atoms with E-state index < -0.39 is 5.54 Å².